The highest BCUT2D eigenvalue weighted by molar-refractivity contribution is 5.71. The highest BCUT2D eigenvalue weighted by Gasteiger charge is 2.28. The van der Waals surface area contributed by atoms with Crippen LogP contribution in [0.4, 0.5) is 10.5 Å². The Hall–Kier alpha value is -3.59. The van der Waals surface area contributed by atoms with Gasteiger partial charge in [-0.3, -0.25) is 0 Å². The first-order valence-corrected chi connectivity index (χ1v) is 10.5. The van der Waals surface area contributed by atoms with Crippen molar-refractivity contribution in [3.8, 4) is 28.6 Å². The van der Waals surface area contributed by atoms with Crippen molar-refractivity contribution in [1.29, 1.82) is 0 Å². The van der Waals surface area contributed by atoms with Crippen molar-refractivity contribution in [3.63, 3.8) is 0 Å². The van der Waals surface area contributed by atoms with Crippen LogP contribution in [0.25, 0.3) is 22.8 Å². The summed E-state index contributed by atoms with van der Waals surface area (Å²) in [4.78, 5) is 16.5. The Balaban J connectivity index is 1.56. The quantitative estimate of drug-likeness (QED) is 0.478. The second kappa shape index (κ2) is 9.27. The summed E-state index contributed by atoms with van der Waals surface area (Å²) in [6.45, 7) is 3.63. The molecule has 2 aromatic carbocycles. The summed E-state index contributed by atoms with van der Waals surface area (Å²) in [6.07, 6.45) is 0.966. The Labute approximate surface area is 185 Å². The van der Waals surface area contributed by atoms with Crippen LogP contribution in [0.1, 0.15) is 37.4 Å². The lowest BCUT2D eigenvalue weighted by Crippen LogP contribution is -2.28. The molecule has 1 atom stereocenters. The molecule has 1 aliphatic carbocycles. The lowest BCUT2D eigenvalue weighted by atomic mass is 10.0. The molecule has 1 aromatic heterocycles. The van der Waals surface area contributed by atoms with Crippen molar-refractivity contribution in [2.24, 2.45) is 0 Å². The summed E-state index contributed by atoms with van der Waals surface area (Å²) in [6, 6.07) is 11.0. The third kappa shape index (κ3) is 4.52. The van der Waals surface area contributed by atoms with Gasteiger partial charge in [0.05, 0.1) is 24.4 Å². The van der Waals surface area contributed by atoms with Gasteiger partial charge in [-0.05, 0) is 56.0 Å². The monoisotopic (exact) mass is 438 g/mol. The number of aliphatic hydroxyl groups is 1. The number of ether oxygens (including phenoxy) is 2. The fourth-order valence-corrected chi connectivity index (χ4v) is 3.83. The van der Waals surface area contributed by atoms with Gasteiger partial charge in [-0.25, -0.2) is 4.79 Å². The fourth-order valence-electron chi connectivity index (χ4n) is 3.83. The van der Waals surface area contributed by atoms with Gasteiger partial charge in [0.15, 0.2) is 0 Å². The number of aromatic nitrogens is 2. The SMILES string of the molecule is CC(C)Oc1ccc(-c2nc(-c3cccc4c3CC[C@@H]4NC(=O)OCCO)no2)cc1N. The molecule has 0 saturated heterocycles. The standard InChI is InChI=1S/C23H26N4O5/c1-13(2)31-20-9-6-14(12-18(20)24)22-26-21(27-32-22)17-5-3-4-16-15(17)7-8-19(16)25-23(29)30-11-10-28/h3-6,9,12-13,19,28H,7-8,10-11,24H2,1-2H3,(H,25,29)/t19-/m0/s1. The highest BCUT2D eigenvalue weighted by Crippen LogP contribution is 2.37. The largest absolute Gasteiger partial charge is 0.489 e. The van der Waals surface area contributed by atoms with Gasteiger partial charge in [0.1, 0.15) is 12.4 Å². The highest BCUT2D eigenvalue weighted by atomic mass is 16.6. The molecule has 1 heterocycles. The summed E-state index contributed by atoms with van der Waals surface area (Å²) in [5, 5.41) is 15.8. The normalized spacial score (nSPS) is 14.9. The lowest BCUT2D eigenvalue weighted by Gasteiger charge is -2.14. The van der Waals surface area contributed by atoms with Crippen LogP contribution in [0.3, 0.4) is 0 Å². The first kappa shape index (κ1) is 21.6. The molecular weight excluding hydrogens is 412 g/mol. The fraction of sp³-hybridized carbons (Fsp3) is 0.348. The smallest absolute Gasteiger partial charge is 0.407 e. The molecule has 168 valence electrons. The molecule has 3 aromatic rings. The van der Waals surface area contributed by atoms with Gasteiger partial charge in [-0.15, -0.1) is 0 Å². The Morgan fingerprint density at radius 2 is 2.19 bits per heavy atom. The number of fused-ring (bicyclic) bond motifs is 1. The van der Waals surface area contributed by atoms with Crippen LogP contribution in [-0.2, 0) is 11.2 Å². The van der Waals surface area contributed by atoms with Gasteiger partial charge >= 0.3 is 6.09 Å². The third-order valence-electron chi connectivity index (χ3n) is 5.17. The minimum atomic E-state index is -0.549. The van der Waals surface area contributed by atoms with Gasteiger partial charge in [-0.2, -0.15) is 4.98 Å². The maximum Gasteiger partial charge on any atom is 0.407 e. The van der Waals surface area contributed by atoms with Crippen LogP contribution in [0.5, 0.6) is 5.75 Å². The second-order valence-corrected chi connectivity index (χ2v) is 7.81. The van der Waals surface area contributed by atoms with Crippen LogP contribution in [0, 0.1) is 0 Å². The Kier molecular flexibility index (Phi) is 6.27. The number of carbonyl (C=O) groups is 1. The number of anilines is 1. The molecule has 0 spiro atoms. The van der Waals surface area contributed by atoms with Gasteiger partial charge in [0, 0.05) is 11.1 Å². The van der Waals surface area contributed by atoms with Crippen LogP contribution in [0.15, 0.2) is 40.9 Å². The zero-order valence-corrected chi connectivity index (χ0v) is 18.0. The molecule has 32 heavy (non-hydrogen) atoms. The van der Waals surface area contributed by atoms with Crippen molar-refractivity contribution in [3.05, 3.63) is 47.5 Å². The Morgan fingerprint density at radius 1 is 1.34 bits per heavy atom. The lowest BCUT2D eigenvalue weighted by molar-refractivity contribution is 0.116. The van der Waals surface area contributed by atoms with E-state index in [9.17, 15) is 4.79 Å². The van der Waals surface area contributed by atoms with E-state index in [-0.39, 0.29) is 25.4 Å². The molecule has 4 rings (SSSR count). The van der Waals surface area contributed by atoms with Crippen molar-refractivity contribution in [2.45, 2.75) is 38.8 Å². The number of aliphatic hydroxyl groups excluding tert-OH is 1. The molecule has 0 aliphatic heterocycles. The molecule has 0 unspecified atom stereocenters. The number of nitrogens with zero attached hydrogens (tertiary/aromatic N) is 2. The summed E-state index contributed by atoms with van der Waals surface area (Å²) in [5.74, 6) is 1.45. The number of nitrogen functional groups attached to an aromatic ring is 1. The minimum absolute atomic E-state index is 0.0215. The van der Waals surface area contributed by atoms with E-state index in [2.05, 4.69) is 15.5 Å². The zero-order valence-electron chi connectivity index (χ0n) is 18.0. The van der Waals surface area contributed by atoms with Gasteiger partial charge in [-0.1, -0.05) is 23.4 Å². The summed E-state index contributed by atoms with van der Waals surface area (Å²) in [5.41, 5.74) is 10.2. The number of hydrogen-bond acceptors (Lipinski definition) is 8. The van der Waals surface area contributed by atoms with Crippen LogP contribution in [-0.4, -0.2) is 40.7 Å². The van der Waals surface area contributed by atoms with E-state index in [1.807, 2.05) is 38.1 Å². The second-order valence-electron chi connectivity index (χ2n) is 7.81. The number of hydrogen-bond donors (Lipinski definition) is 3. The summed E-state index contributed by atoms with van der Waals surface area (Å²) < 4.78 is 16.1. The average Bonchev–Trinajstić information content (AvgIpc) is 3.41. The van der Waals surface area contributed by atoms with E-state index in [1.54, 1.807) is 12.1 Å². The summed E-state index contributed by atoms with van der Waals surface area (Å²) in [7, 11) is 0. The van der Waals surface area contributed by atoms with Crippen molar-refractivity contribution >= 4 is 11.8 Å². The maximum atomic E-state index is 11.9. The minimum Gasteiger partial charge on any atom is -0.489 e. The van der Waals surface area contributed by atoms with Gasteiger partial charge < -0.3 is 30.2 Å². The van der Waals surface area contributed by atoms with Crippen LogP contribution in [0.2, 0.25) is 0 Å². The van der Waals surface area contributed by atoms with Crippen molar-refractivity contribution < 1.29 is 23.9 Å². The number of benzene rings is 2. The molecule has 1 aliphatic rings. The van der Waals surface area contributed by atoms with Gasteiger partial charge in [0.25, 0.3) is 5.89 Å². The average molecular weight is 438 g/mol. The number of nitrogens with one attached hydrogen (secondary N) is 1. The Morgan fingerprint density at radius 3 is 2.94 bits per heavy atom. The summed E-state index contributed by atoms with van der Waals surface area (Å²) >= 11 is 0. The molecule has 4 N–H and O–H groups in total. The van der Waals surface area contributed by atoms with Crippen molar-refractivity contribution in [1.82, 2.24) is 15.5 Å². The first-order chi connectivity index (χ1) is 15.5. The van der Waals surface area contributed by atoms with E-state index in [4.69, 9.17) is 24.8 Å². The zero-order chi connectivity index (χ0) is 22.7. The number of amides is 1. The number of nitrogens with two attached hydrogens (primary N) is 1. The first-order valence-electron chi connectivity index (χ1n) is 10.5. The number of alkyl carbamates (subject to hydrolysis) is 1. The molecule has 9 nitrogen and oxygen atoms in total. The van der Waals surface area contributed by atoms with E-state index >= 15 is 0 Å². The molecular formula is C23H26N4O5. The van der Waals surface area contributed by atoms with E-state index in [1.165, 1.54) is 0 Å². The Bertz CT molecular complexity index is 1110. The number of rotatable bonds is 7. The molecule has 0 fully saturated rings. The molecule has 0 saturated carbocycles. The maximum absolute atomic E-state index is 11.9. The van der Waals surface area contributed by atoms with Crippen molar-refractivity contribution in [2.75, 3.05) is 18.9 Å². The predicted molar refractivity (Wildman–Crippen MR) is 118 cm³/mol. The number of carbonyl (C=O) groups excluding carboxylic acids is 1. The van der Waals surface area contributed by atoms with Crippen LogP contribution < -0.4 is 15.8 Å². The predicted octanol–water partition coefficient (Wildman–Crippen LogP) is 3.48. The molecule has 0 bridgehead atoms. The van der Waals surface area contributed by atoms with E-state index < -0.39 is 6.09 Å². The van der Waals surface area contributed by atoms with E-state index in [0.29, 0.717) is 28.7 Å². The van der Waals surface area contributed by atoms with Crippen LogP contribution >= 0.6 is 0 Å². The van der Waals surface area contributed by atoms with Gasteiger partial charge in [0.2, 0.25) is 5.82 Å². The molecule has 1 amide bonds. The molecule has 9 heteroatoms. The molecule has 0 radical (unpaired) electrons. The topological polar surface area (TPSA) is 133 Å². The van der Waals surface area contributed by atoms with E-state index in [0.717, 1.165) is 29.5 Å². The third-order valence-corrected chi connectivity index (χ3v) is 5.17.